The van der Waals surface area contributed by atoms with E-state index in [-0.39, 0.29) is 24.2 Å². The van der Waals surface area contributed by atoms with E-state index in [4.69, 9.17) is 4.74 Å². The van der Waals surface area contributed by atoms with E-state index >= 15 is 0 Å². The molecule has 2 N–H and O–H groups in total. The van der Waals surface area contributed by atoms with Crippen LogP contribution >= 0.6 is 11.3 Å². The van der Waals surface area contributed by atoms with E-state index in [0.29, 0.717) is 6.61 Å². The van der Waals surface area contributed by atoms with E-state index in [1.54, 1.807) is 11.3 Å². The van der Waals surface area contributed by atoms with Gasteiger partial charge in [0.2, 0.25) is 0 Å². The second kappa shape index (κ2) is 7.77. The minimum atomic E-state index is -0.161. The van der Waals surface area contributed by atoms with E-state index < -0.39 is 0 Å². The molecule has 3 atom stereocenters. The number of thiazole rings is 1. The van der Waals surface area contributed by atoms with Crippen LogP contribution < -0.4 is 10.6 Å². The molecule has 1 aliphatic rings. The van der Waals surface area contributed by atoms with Gasteiger partial charge in [0.25, 0.3) is 0 Å². The van der Waals surface area contributed by atoms with Gasteiger partial charge >= 0.3 is 6.03 Å². The molecule has 1 fully saturated rings. The number of nitrogens with one attached hydrogen (secondary N) is 2. The molecular weight excluding hydrogens is 322 g/mol. The lowest BCUT2D eigenvalue weighted by Crippen LogP contribution is -2.44. The molecule has 0 spiro atoms. The van der Waals surface area contributed by atoms with Crippen molar-refractivity contribution in [3.63, 3.8) is 0 Å². The lowest BCUT2D eigenvalue weighted by atomic mass is 10.0. The van der Waals surface area contributed by atoms with Crippen LogP contribution in [0.1, 0.15) is 48.2 Å². The van der Waals surface area contributed by atoms with Crippen LogP contribution in [0.3, 0.4) is 0 Å². The van der Waals surface area contributed by atoms with Crippen LogP contribution in [0.5, 0.6) is 0 Å². The Hall–Kier alpha value is -1.92. The minimum Gasteiger partial charge on any atom is -0.371 e. The van der Waals surface area contributed by atoms with Crippen molar-refractivity contribution < 1.29 is 9.53 Å². The summed E-state index contributed by atoms with van der Waals surface area (Å²) in [5.74, 6) is 0. The number of nitrogens with zero attached hydrogens (tertiary/aromatic N) is 1. The highest BCUT2D eigenvalue weighted by atomic mass is 32.1. The monoisotopic (exact) mass is 345 g/mol. The first-order chi connectivity index (χ1) is 11.7. The molecule has 1 aliphatic heterocycles. The van der Waals surface area contributed by atoms with Crippen molar-refractivity contribution in [3.8, 4) is 0 Å². The molecule has 2 amide bonds. The predicted molar refractivity (Wildman–Crippen MR) is 95.1 cm³/mol. The van der Waals surface area contributed by atoms with Gasteiger partial charge in [0.15, 0.2) is 0 Å². The first-order valence-corrected chi connectivity index (χ1v) is 9.21. The molecule has 2 heterocycles. The van der Waals surface area contributed by atoms with E-state index in [2.05, 4.69) is 15.6 Å². The summed E-state index contributed by atoms with van der Waals surface area (Å²) in [7, 11) is 0. The summed E-state index contributed by atoms with van der Waals surface area (Å²) in [6.07, 6.45) is 1.54. The molecule has 0 saturated carbocycles. The largest absolute Gasteiger partial charge is 0.371 e. The summed E-state index contributed by atoms with van der Waals surface area (Å²) >= 11 is 1.59. The van der Waals surface area contributed by atoms with Crippen molar-refractivity contribution in [3.05, 3.63) is 52.0 Å². The van der Waals surface area contributed by atoms with Crippen molar-refractivity contribution in [1.82, 2.24) is 15.6 Å². The number of amides is 2. The Morgan fingerprint density at radius 2 is 2.21 bits per heavy atom. The SMILES string of the molecule is CC[C@H](NC(=O)N[C@H]1CCO[C@H]1c1ccccc1)c1nc(C)cs1. The quantitative estimate of drug-likeness (QED) is 0.868. The molecular formula is C18H23N3O2S. The van der Waals surface area contributed by atoms with Gasteiger partial charge in [-0.25, -0.2) is 9.78 Å². The summed E-state index contributed by atoms with van der Waals surface area (Å²) in [4.78, 5) is 16.9. The third-order valence-electron chi connectivity index (χ3n) is 4.18. The fraction of sp³-hybridized carbons (Fsp3) is 0.444. The second-order valence-electron chi connectivity index (χ2n) is 6.00. The van der Waals surface area contributed by atoms with Gasteiger partial charge in [0, 0.05) is 17.7 Å². The van der Waals surface area contributed by atoms with Crippen LogP contribution in [-0.2, 0) is 4.74 Å². The molecule has 128 valence electrons. The Labute approximate surface area is 146 Å². The molecule has 0 unspecified atom stereocenters. The van der Waals surface area contributed by atoms with Crippen molar-refractivity contribution in [2.75, 3.05) is 6.61 Å². The Balaban J connectivity index is 1.61. The molecule has 24 heavy (non-hydrogen) atoms. The molecule has 3 rings (SSSR count). The minimum absolute atomic E-state index is 0.0112. The molecule has 0 bridgehead atoms. The van der Waals surface area contributed by atoms with Gasteiger partial charge in [-0.1, -0.05) is 37.3 Å². The van der Waals surface area contributed by atoms with Crippen LogP contribution in [-0.4, -0.2) is 23.7 Å². The van der Waals surface area contributed by atoms with Gasteiger partial charge < -0.3 is 15.4 Å². The summed E-state index contributed by atoms with van der Waals surface area (Å²) < 4.78 is 5.82. The third-order valence-corrected chi connectivity index (χ3v) is 5.26. The van der Waals surface area contributed by atoms with Gasteiger partial charge in [0.1, 0.15) is 11.1 Å². The maximum Gasteiger partial charge on any atom is 0.315 e. The highest BCUT2D eigenvalue weighted by Crippen LogP contribution is 2.29. The molecule has 6 heteroatoms. The average molecular weight is 345 g/mol. The van der Waals surface area contributed by atoms with E-state index in [1.165, 1.54) is 0 Å². The number of aromatic nitrogens is 1. The predicted octanol–water partition coefficient (Wildman–Crippen LogP) is 3.73. The Morgan fingerprint density at radius 1 is 1.42 bits per heavy atom. The zero-order valence-electron chi connectivity index (χ0n) is 14.0. The zero-order chi connectivity index (χ0) is 16.9. The van der Waals surface area contributed by atoms with Crippen molar-refractivity contribution in [2.24, 2.45) is 0 Å². The van der Waals surface area contributed by atoms with Gasteiger partial charge in [-0.05, 0) is 25.3 Å². The van der Waals surface area contributed by atoms with E-state index in [0.717, 1.165) is 29.1 Å². The van der Waals surface area contributed by atoms with Crippen molar-refractivity contribution >= 4 is 17.4 Å². The second-order valence-corrected chi connectivity index (χ2v) is 6.89. The van der Waals surface area contributed by atoms with Gasteiger partial charge in [0.05, 0.1) is 12.1 Å². The lowest BCUT2D eigenvalue weighted by molar-refractivity contribution is 0.0998. The summed E-state index contributed by atoms with van der Waals surface area (Å²) in [5, 5.41) is 9.07. The average Bonchev–Trinajstić information content (AvgIpc) is 3.22. The van der Waals surface area contributed by atoms with Crippen LogP contribution in [0.4, 0.5) is 4.79 Å². The summed E-state index contributed by atoms with van der Waals surface area (Å²) in [6.45, 7) is 4.67. The van der Waals surface area contributed by atoms with Crippen LogP contribution in [0.25, 0.3) is 0 Å². The van der Waals surface area contributed by atoms with Crippen LogP contribution in [0.2, 0.25) is 0 Å². The molecule has 1 aromatic carbocycles. The van der Waals surface area contributed by atoms with Crippen LogP contribution in [0, 0.1) is 6.92 Å². The Kier molecular flexibility index (Phi) is 5.48. The van der Waals surface area contributed by atoms with Crippen molar-refractivity contribution in [2.45, 2.75) is 44.9 Å². The number of hydrogen-bond donors (Lipinski definition) is 2. The Morgan fingerprint density at radius 3 is 2.88 bits per heavy atom. The van der Waals surface area contributed by atoms with E-state index in [9.17, 15) is 4.79 Å². The number of benzene rings is 1. The first-order valence-electron chi connectivity index (χ1n) is 8.33. The molecule has 1 aromatic heterocycles. The maximum atomic E-state index is 12.4. The molecule has 0 aliphatic carbocycles. The molecule has 5 nitrogen and oxygen atoms in total. The van der Waals surface area contributed by atoms with Gasteiger partial charge in [-0.2, -0.15) is 0 Å². The number of ether oxygens (including phenoxy) is 1. The number of hydrogen-bond acceptors (Lipinski definition) is 4. The fourth-order valence-corrected chi connectivity index (χ4v) is 3.88. The van der Waals surface area contributed by atoms with E-state index in [1.807, 2.05) is 49.6 Å². The number of urea groups is 1. The summed E-state index contributed by atoms with van der Waals surface area (Å²) in [6, 6.07) is 9.81. The van der Waals surface area contributed by atoms with Gasteiger partial charge in [-0.3, -0.25) is 0 Å². The van der Waals surface area contributed by atoms with Crippen LogP contribution in [0.15, 0.2) is 35.7 Å². The Bertz CT molecular complexity index is 674. The number of aryl methyl sites for hydroxylation is 1. The normalized spacial score (nSPS) is 21.4. The van der Waals surface area contributed by atoms with Gasteiger partial charge in [-0.15, -0.1) is 11.3 Å². The first kappa shape index (κ1) is 16.9. The third kappa shape index (κ3) is 3.94. The highest BCUT2D eigenvalue weighted by molar-refractivity contribution is 7.09. The standard InChI is InChI=1S/C18H23N3O2S/c1-3-14(17-19-12(2)11-24-17)20-18(22)21-15-9-10-23-16(15)13-7-5-4-6-8-13/h4-8,11,14-16H,3,9-10H2,1-2H3,(H2,20,21,22)/t14-,15-,16-/m0/s1. The highest BCUT2D eigenvalue weighted by Gasteiger charge is 2.31. The lowest BCUT2D eigenvalue weighted by Gasteiger charge is -2.22. The zero-order valence-corrected chi connectivity index (χ0v) is 14.8. The topological polar surface area (TPSA) is 63.2 Å². The number of carbonyl (C=O) groups is 1. The molecule has 1 saturated heterocycles. The number of carbonyl (C=O) groups excluding carboxylic acids is 1. The fourth-order valence-electron chi connectivity index (χ4n) is 2.95. The molecule has 0 radical (unpaired) electrons. The number of rotatable bonds is 5. The van der Waals surface area contributed by atoms with Crippen molar-refractivity contribution in [1.29, 1.82) is 0 Å². The smallest absolute Gasteiger partial charge is 0.315 e. The summed E-state index contributed by atoms with van der Waals surface area (Å²) in [5.41, 5.74) is 2.09. The maximum absolute atomic E-state index is 12.4. The molecule has 2 aromatic rings.